The molecular formula is C17H21BrN4O3. The average Bonchev–Trinajstić information content (AvgIpc) is 3.15. The van der Waals surface area contributed by atoms with Crippen molar-refractivity contribution in [3.05, 3.63) is 39.4 Å². The molecular weight excluding hydrogens is 388 g/mol. The molecule has 3 rings (SSSR count). The number of aryl methyl sites for hydroxylation is 2. The molecule has 0 unspecified atom stereocenters. The quantitative estimate of drug-likeness (QED) is 0.680. The zero-order chi connectivity index (χ0) is 18.1. The second-order valence-corrected chi connectivity index (χ2v) is 6.71. The van der Waals surface area contributed by atoms with Crippen molar-refractivity contribution in [3.8, 4) is 0 Å². The van der Waals surface area contributed by atoms with Crippen LogP contribution in [0.3, 0.4) is 0 Å². The molecule has 3 heterocycles. The summed E-state index contributed by atoms with van der Waals surface area (Å²) in [5.41, 5.74) is 5.09. The summed E-state index contributed by atoms with van der Waals surface area (Å²) in [6.07, 6.45) is 0. The lowest BCUT2D eigenvalue weighted by atomic mass is 10.2. The maximum absolute atomic E-state index is 12.7. The Balaban J connectivity index is 1.84. The van der Waals surface area contributed by atoms with E-state index in [0.29, 0.717) is 35.6 Å². The van der Waals surface area contributed by atoms with Crippen molar-refractivity contribution in [2.24, 2.45) is 7.05 Å². The minimum atomic E-state index is -0.152. The number of carbonyl (C=O) groups excluding carboxylic acids is 1. The molecule has 0 saturated carbocycles. The molecule has 134 valence electrons. The molecule has 0 aliphatic heterocycles. The number of ether oxygens (including phenoxy) is 1. The van der Waals surface area contributed by atoms with Crippen LogP contribution in [0.5, 0.6) is 0 Å². The van der Waals surface area contributed by atoms with Gasteiger partial charge in [0.15, 0.2) is 10.3 Å². The van der Waals surface area contributed by atoms with Crippen molar-refractivity contribution in [1.29, 1.82) is 0 Å². The summed E-state index contributed by atoms with van der Waals surface area (Å²) in [5, 5.41) is 7.36. The first-order valence-electron chi connectivity index (χ1n) is 7.97. The van der Waals surface area contributed by atoms with Crippen molar-refractivity contribution in [3.63, 3.8) is 0 Å². The zero-order valence-electron chi connectivity index (χ0n) is 14.7. The molecule has 3 aromatic rings. The predicted molar refractivity (Wildman–Crippen MR) is 97.6 cm³/mol. The van der Waals surface area contributed by atoms with Crippen molar-refractivity contribution >= 4 is 32.9 Å². The van der Waals surface area contributed by atoms with Gasteiger partial charge in [-0.1, -0.05) is 0 Å². The highest BCUT2D eigenvalue weighted by molar-refractivity contribution is 9.10. The normalized spacial score (nSPS) is 11.4. The van der Waals surface area contributed by atoms with Crippen molar-refractivity contribution in [1.82, 2.24) is 19.7 Å². The molecule has 0 atom stereocenters. The van der Waals surface area contributed by atoms with Gasteiger partial charge in [0.05, 0.1) is 17.8 Å². The topological polar surface area (TPSA) is 74.2 Å². The Morgan fingerprint density at radius 2 is 2.16 bits per heavy atom. The van der Waals surface area contributed by atoms with E-state index < -0.39 is 0 Å². The standard InChI is InChI=1S/C17H21BrN4O3/c1-10-12(11(2)21(3)20-10)9-19-17(23)14-7-15-13(8-16(18)25-15)22(14)5-6-24-4/h7-8H,5-6,9H2,1-4H3,(H,19,23). The largest absolute Gasteiger partial charge is 0.448 e. The van der Waals surface area contributed by atoms with Gasteiger partial charge in [0.2, 0.25) is 0 Å². The van der Waals surface area contributed by atoms with Gasteiger partial charge in [-0.05, 0) is 29.8 Å². The van der Waals surface area contributed by atoms with Gasteiger partial charge in [-0.3, -0.25) is 9.48 Å². The first kappa shape index (κ1) is 17.8. The summed E-state index contributed by atoms with van der Waals surface area (Å²) < 4.78 is 15.1. The highest BCUT2D eigenvalue weighted by atomic mass is 79.9. The van der Waals surface area contributed by atoms with E-state index >= 15 is 0 Å². The van der Waals surface area contributed by atoms with E-state index in [1.807, 2.05) is 36.2 Å². The third kappa shape index (κ3) is 3.36. The monoisotopic (exact) mass is 408 g/mol. The van der Waals surface area contributed by atoms with Crippen LogP contribution in [0.4, 0.5) is 0 Å². The number of amides is 1. The molecule has 0 aliphatic carbocycles. The number of fused-ring (bicyclic) bond motifs is 1. The van der Waals surface area contributed by atoms with Gasteiger partial charge in [-0.15, -0.1) is 0 Å². The SMILES string of the molecule is COCCn1c(C(=O)NCc2c(C)nn(C)c2C)cc2oc(Br)cc21. The number of hydrogen-bond acceptors (Lipinski definition) is 4. The number of aromatic nitrogens is 3. The Bertz CT molecular complexity index is 922. The summed E-state index contributed by atoms with van der Waals surface area (Å²) in [7, 11) is 3.54. The first-order chi connectivity index (χ1) is 11.9. The summed E-state index contributed by atoms with van der Waals surface area (Å²) in [6.45, 7) is 5.45. The molecule has 1 N–H and O–H groups in total. The van der Waals surface area contributed by atoms with Crippen LogP contribution in [-0.4, -0.2) is 34.0 Å². The Morgan fingerprint density at radius 1 is 1.40 bits per heavy atom. The number of nitrogens with zero attached hydrogens (tertiary/aromatic N) is 3. The van der Waals surface area contributed by atoms with Gasteiger partial charge < -0.3 is 19.0 Å². The molecule has 0 fully saturated rings. The maximum Gasteiger partial charge on any atom is 0.268 e. The molecule has 25 heavy (non-hydrogen) atoms. The molecule has 8 heteroatoms. The van der Waals surface area contributed by atoms with Crippen LogP contribution in [-0.2, 0) is 24.9 Å². The number of carbonyl (C=O) groups is 1. The van der Waals surface area contributed by atoms with E-state index in [9.17, 15) is 4.79 Å². The Kier molecular flexibility index (Phi) is 5.01. The third-order valence-corrected chi connectivity index (χ3v) is 4.79. The summed E-state index contributed by atoms with van der Waals surface area (Å²) in [4.78, 5) is 12.7. The highest BCUT2D eigenvalue weighted by Crippen LogP contribution is 2.27. The number of furan rings is 1. The van der Waals surface area contributed by atoms with Crippen LogP contribution in [0.15, 0.2) is 21.2 Å². The van der Waals surface area contributed by atoms with Gasteiger partial charge in [0.1, 0.15) is 5.69 Å². The summed E-state index contributed by atoms with van der Waals surface area (Å²) in [6, 6.07) is 3.62. The molecule has 0 aromatic carbocycles. The Labute approximate surface area is 154 Å². The molecule has 0 spiro atoms. The number of halogens is 1. The lowest BCUT2D eigenvalue weighted by Crippen LogP contribution is -2.26. The van der Waals surface area contributed by atoms with E-state index in [2.05, 4.69) is 26.3 Å². The lowest BCUT2D eigenvalue weighted by molar-refractivity contribution is 0.0939. The van der Waals surface area contributed by atoms with E-state index in [0.717, 1.165) is 22.5 Å². The van der Waals surface area contributed by atoms with Crippen LogP contribution in [0.25, 0.3) is 11.1 Å². The fourth-order valence-electron chi connectivity index (χ4n) is 2.96. The maximum atomic E-state index is 12.7. The van der Waals surface area contributed by atoms with Crippen LogP contribution in [0.1, 0.15) is 27.4 Å². The van der Waals surface area contributed by atoms with Crippen molar-refractivity contribution in [2.45, 2.75) is 26.9 Å². The number of rotatable bonds is 6. The van der Waals surface area contributed by atoms with Crippen LogP contribution >= 0.6 is 15.9 Å². The van der Waals surface area contributed by atoms with E-state index in [1.54, 1.807) is 13.2 Å². The Morgan fingerprint density at radius 3 is 2.80 bits per heavy atom. The minimum absolute atomic E-state index is 0.152. The molecule has 3 aromatic heterocycles. The minimum Gasteiger partial charge on any atom is -0.448 e. The fraction of sp³-hybridized carbons (Fsp3) is 0.412. The number of nitrogens with one attached hydrogen (secondary N) is 1. The highest BCUT2D eigenvalue weighted by Gasteiger charge is 2.19. The molecule has 0 saturated heterocycles. The van der Waals surface area contributed by atoms with Gasteiger partial charge in [-0.2, -0.15) is 5.10 Å². The second-order valence-electron chi connectivity index (χ2n) is 5.93. The van der Waals surface area contributed by atoms with Crippen LogP contribution in [0.2, 0.25) is 0 Å². The summed E-state index contributed by atoms with van der Waals surface area (Å²) in [5.74, 6) is -0.152. The van der Waals surface area contributed by atoms with Crippen LogP contribution < -0.4 is 5.32 Å². The van der Waals surface area contributed by atoms with Gasteiger partial charge >= 0.3 is 0 Å². The molecule has 0 bridgehead atoms. The smallest absolute Gasteiger partial charge is 0.268 e. The fourth-order valence-corrected chi connectivity index (χ4v) is 3.35. The molecule has 0 aliphatic rings. The van der Waals surface area contributed by atoms with Crippen molar-refractivity contribution < 1.29 is 13.9 Å². The second kappa shape index (κ2) is 7.05. The van der Waals surface area contributed by atoms with Crippen molar-refractivity contribution in [2.75, 3.05) is 13.7 Å². The molecule has 1 amide bonds. The van der Waals surface area contributed by atoms with Gasteiger partial charge in [0.25, 0.3) is 5.91 Å². The van der Waals surface area contributed by atoms with E-state index in [4.69, 9.17) is 9.15 Å². The third-order valence-electron chi connectivity index (χ3n) is 4.40. The Hall–Kier alpha value is -2.06. The lowest BCUT2D eigenvalue weighted by Gasteiger charge is -2.10. The number of methoxy groups -OCH3 is 1. The summed E-state index contributed by atoms with van der Waals surface area (Å²) >= 11 is 3.33. The molecule has 7 nitrogen and oxygen atoms in total. The van der Waals surface area contributed by atoms with E-state index in [1.165, 1.54) is 0 Å². The number of hydrogen-bond donors (Lipinski definition) is 1. The predicted octanol–water partition coefficient (Wildman–Crippen LogP) is 2.92. The van der Waals surface area contributed by atoms with E-state index in [-0.39, 0.29) is 5.91 Å². The van der Waals surface area contributed by atoms with Gasteiger partial charge in [0, 0.05) is 50.6 Å². The first-order valence-corrected chi connectivity index (χ1v) is 8.76. The van der Waals surface area contributed by atoms with Gasteiger partial charge in [-0.25, -0.2) is 0 Å². The zero-order valence-corrected chi connectivity index (χ0v) is 16.3. The molecule has 0 radical (unpaired) electrons. The van der Waals surface area contributed by atoms with Crippen LogP contribution in [0, 0.1) is 13.8 Å². The average molecular weight is 409 g/mol.